The first-order valence-corrected chi connectivity index (χ1v) is 3.56. The first-order valence-electron chi connectivity index (χ1n) is 3.18. The Hall–Kier alpha value is -0.960. The second-order valence-corrected chi connectivity index (χ2v) is 2.81. The molecule has 0 aliphatic rings. The van der Waals surface area contributed by atoms with Gasteiger partial charge in [-0.15, -0.1) is 0 Å². The summed E-state index contributed by atoms with van der Waals surface area (Å²) in [5.41, 5.74) is 6.65. The van der Waals surface area contributed by atoms with Crippen LogP contribution in [0.25, 0.3) is 0 Å². The molecule has 0 atom stereocenters. The maximum absolute atomic E-state index is 11.1. The third-order valence-electron chi connectivity index (χ3n) is 1.55. The molecule has 0 spiro atoms. The lowest BCUT2D eigenvalue weighted by atomic mass is 10.3. The van der Waals surface area contributed by atoms with Crippen molar-refractivity contribution in [2.75, 3.05) is 5.73 Å². The summed E-state index contributed by atoms with van der Waals surface area (Å²) in [6.45, 7) is 3.47. The molecule has 1 aromatic heterocycles. The molecule has 0 amide bonds. The highest BCUT2D eigenvalue weighted by Crippen LogP contribution is 2.11. The predicted octanol–water partition coefficient (Wildman–Crippen LogP) is 1.23. The highest BCUT2D eigenvalue weighted by Gasteiger charge is 2.06. The lowest BCUT2D eigenvalue weighted by molar-refractivity contribution is 1.11. The molecule has 1 aromatic rings. The van der Waals surface area contributed by atoms with Crippen molar-refractivity contribution >= 4 is 17.3 Å². The molecular weight excluding hydrogens is 164 g/mol. The molecular formula is C7H9ClN2O. The normalized spacial score (nSPS) is 10.1. The predicted molar refractivity (Wildman–Crippen MR) is 46.0 cm³/mol. The van der Waals surface area contributed by atoms with E-state index >= 15 is 0 Å². The van der Waals surface area contributed by atoms with E-state index in [2.05, 4.69) is 4.98 Å². The Kier molecular flexibility index (Phi) is 1.91. The number of aromatic nitrogens is 1. The second kappa shape index (κ2) is 2.58. The smallest absolute Gasteiger partial charge is 0.223 e. The maximum Gasteiger partial charge on any atom is 0.223 e. The summed E-state index contributed by atoms with van der Waals surface area (Å²) in [6.07, 6.45) is 0. The molecule has 1 rings (SSSR count). The molecule has 0 fully saturated rings. The average molecular weight is 173 g/mol. The number of anilines is 1. The van der Waals surface area contributed by atoms with Crippen LogP contribution in [0.2, 0.25) is 5.02 Å². The van der Waals surface area contributed by atoms with Crippen LogP contribution in [0.15, 0.2) is 4.79 Å². The van der Waals surface area contributed by atoms with E-state index in [1.807, 2.05) is 0 Å². The first-order chi connectivity index (χ1) is 5.04. The summed E-state index contributed by atoms with van der Waals surface area (Å²) in [6, 6.07) is 0. The Balaban J connectivity index is 3.59. The number of H-pyrrole nitrogens is 1. The number of nitrogens with two attached hydrogens (primary N) is 1. The number of nitrogen functional groups attached to an aromatic ring is 1. The summed E-state index contributed by atoms with van der Waals surface area (Å²) < 4.78 is 0. The van der Waals surface area contributed by atoms with Crippen molar-refractivity contribution in [3.8, 4) is 0 Å². The Labute approximate surface area is 69.2 Å². The van der Waals surface area contributed by atoms with Gasteiger partial charge in [0.1, 0.15) is 10.7 Å². The highest BCUT2D eigenvalue weighted by molar-refractivity contribution is 6.31. The van der Waals surface area contributed by atoms with Gasteiger partial charge in [-0.1, -0.05) is 11.6 Å². The standard InChI is InChI=1S/C7H9ClN2O/c1-3-5(8)7(11)6(9)4(2)10-3/h9H2,1-2H3,(H,10,11). The van der Waals surface area contributed by atoms with Gasteiger partial charge < -0.3 is 10.7 Å². The van der Waals surface area contributed by atoms with Crippen LogP contribution >= 0.6 is 11.6 Å². The first kappa shape index (κ1) is 8.14. The van der Waals surface area contributed by atoms with Crippen molar-refractivity contribution in [2.45, 2.75) is 13.8 Å². The zero-order chi connectivity index (χ0) is 8.59. The van der Waals surface area contributed by atoms with E-state index in [9.17, 15) is 4.79 Å². The number of halogens is 1. The molecule has 0 saturated carbocycles. The molecule has 0 radical (unpaired) electrons. The number of aromatic amines is 1. The zero-order valence-electron chi connectivity index (χ0n) is 6.36. The second-order valence-electron chi connectivity index (χ2n) is 2.43. The number of pyridine rings is 1. The van der Waals surface area contributed by atoms with Gasteiger partial charge in [0.05, 0.1) is 0 Å². The molecule has 4 heteroatoms. The van der Waals surface area contributed by atoms with Gasteiger partial charge >= 0.3 is 0 Å². The Bertz CT molecular complexity index is 314. The van der Waals surface area contributed by atoms with Crippen molar-refractivity contribution in [3.63, 3.8) is 0 Å². The van der Waals surface area contributed by atoms with Crippen molar-refractivity contribution in [2.24, 2.45) is 0 Å². The summed E-state index contributed by atoms with van der Waals surface area (Å²) >= 11 is 5.63. The van der Waals surface area contributed by atoms with Gasteiger partial charge in [-0.2, -0.15) is 0 Å². The average Bonchev–Trinajstić information content (AvgIpc) is 1.97. The van der Waals surface area contributed by atoms with E-state index < -0.39 is 0 Å². The molecule has 3 N–H and O–H groups in total. The van der Waals surface area contributed by atoms with Crippen LogP contribution in [0.3, 0.4) is 0 Å². The molecule has 1 heterocycles. The lowest BCUT2D eigenvalue weighted by Crippen LogP contribution is -2.13. The van der Waals surface area contributed by atoms with Crippen molar-refractivity contribution in [1.82, 2.24) is 4.98 Å². The largest absolute Gasteiger partial charge is 0.394 e. The van der Waals surface area contributed by atoms with Crippen molar-refractivity contribution < 1.29 is 0 Å². The number of hydrogen-bond acceptors (Lipinski definition) is 2. The van der Waals surface area contributed by atoms with Crippen LogP contribution in [0.1, 0.15) is 11.4 Å². The minimum absolute atomic E-state index is 0.174. The molecule has 11 heavy (non-hydrogen) atoms. The van der Waals surface area contributed by atoms with E-state index in [-0.39, 0.29) is 16.1 Å². The lowest BCUT2D eigenvalue weighted by Gasteiger charge is -2.02. The van der Waals surface area contributed by atoms with Gasteiger partial charge in [-0.25, -0.2) is 0 Å². The monoisotopic (exact) mass is 172 g/mol. The van der Waals surface area contributed by atoms with Gasteiger partial charge in [0.25, 0.3) is 0 Å². The van der Waals surface area contributed by atoms with Crippen LogP contribution in [-0.2, 0) is 0 Å². The zero-order valence-corrected chi connectivity index (χ0v) is 7.12. The molecule has 3 nitrogen and oxygen atoms in total. The molecule has 0 aliphatic carbocycles. The fraction of sp³-hybridized carbons (Fsp3) is 0.286. The fourth-order valence-corrected chi connectivity index (χ4v) is 1.01. The topological polar surface area (TPSA) is 58.9 Å². The number of aryl methyl sites for hydroxylation is 2. The third-order valence-corrected chi connectivity index (χ3v) is 2.01. The fourth-order valence-electron chi connectivity index (χ4n) is 0.862. The van der Waals surface area contributed by atoms with Gasteiger partial charge in [-0.3, -0.25) is 4.79 Å². The summed E-state index contributed by atoms with van der Waals surface area (Å²) in [4.78, 5) is 14.0. The minimum atomic E-state index is -0.291. The van der Waals surface area contributed by atoms with E-state index in [1.54, 1.807) is 13.8 Å². The maximum atomic E-state index is 11.1. The van der Waals surface area contributed by atoms with E-state index in [0.717, 1.165) is 0 Å². The number of hydrogen-bond donors (Lipinski definition) is 2. The van der Waals surface area contributed by atoms with Crippen LogP contribution in [0.4, 0.5) is 5.69 Å². The molecule has 0 aliphatic heterocycles. The Morgan fingerprint density at radius 1 is 1.36 bits per heavy atom. The van der Waals surface area contributed by atoms with E-state index in [1.165, 1.54) is 0 Å². The van der Waals surface area contributed by atoms with Crippen LogP contribution in [0, 0.1) is 13.8 Å². The third kappa shape index (κ3) is 1.24. The molecule has 0 aromatic carbocycles. The quantitative estimate of drug-likeness (QED) is 0.619. The number of rotatable bonds is 0. The SMILES string of the molecule is Cc1[nH]c(C)c(Cl)c(=O)c1N. The summed E-state index contributed by atoms with van der Waals surface area (Å²) in [5, 5.41) is 0.174. The molecule has 0 saturated heterocycles. The Morgan fingerprint density at radius 2 is 1.91 bits per heavy atom. The van der Waals surface area contributed by atoms with Crippen LogP contribution in [-0.4, -0.2) is 4.98 Å². The van der Waals surface area contributed by atoms with Gasteiger partial charge in [0.15, 0.2) is 0 Å². The Morgan fingerprint density at radius 3 is 2.45 bits per heavy atom. The van der Waals surface area contributed by atoms with Crippen LogP contribution in [0.5, 0.6) is 0 Å². The molecule has 60 valence electrons. The minimum Gasteiger partial charge on any atom is -0.394 e. The van der Waals surface area contributed by atoms with Crippen molar-refractivity contribution in [3.05, 3.63) is 26.6 Å². The summed E-state index contributed by atoms with van der Waals surface area (Å²) in [5.74, 6) is 0. The van der Waals surface area contributed by atoms with E-state index in [0.29, 0.717) is 11.4 Å². The van der Waals surface area contributed by atoms with E-state index in [4.69, 9.17) is 17.3 Å². The summed E-state index contributed by atoms with van der Waals surface area (Å²) in [7, 11) is 0. The molecule has 0 bridgehead atoms. The van der Waals surface area contributed by atoms with Gasteiger partial charge in [-0.05, 0) is 13.8 Å². The van der Waals surface area contributed by atoms with Gasteiger partial charge in [0, 0.05) is 11.4 Å². The van der Waals surface area contributed by atoms with Gasteiger partial charge in [0.2, 0.25) is 5.43 Å². The highest BCUT2D eigenvalue weighted by atomic mass is 35.5. The van der Waals surface area contributed by atoms with Crippen LogP contribution < -0.4 is 11.2 Å². The van der Waals surface area contributed by atoms with Crippen molar-refractivity contribution in [1.29, 1.82) is 0 Å². The molecule has 0 unspecified atom stereocenters. The number of nitrogens with one attached hydrogen (secondary N) is 1.